The van der Waals surface area contributed by atoms with Gasteiger partial charge in [0.25, 0.3) is 0 Å². The van der Waals surface area contributed by atoms with Crippen LogP contribution in [0.5, 0.6) is 0 Å². The average molecular weight is 172 g/mol. The van der Waals surface area contributed by atoms with E-state index in [2.05, 4.69) is 6.92 Å². The zero-order valence-electron chi connectivity index (χ0n) is 8.34. The second kappa shape index (κ2) is 3.75. The molecule has 0 unspecified atom stereocenters. The van der Waals surface area contributed by atoms with E-state index in [1.54, 1.807) is 0 Å². The molecule has 72 valence electrons. The minimum absolute atomic E-state index is 0.0639. The molecule has 1 aliphatic heterocycles. The molecule has 0 saturated carbocycles. The summed E-state index contributed by atoms with van der Waals surface area (Å²) in [5.74, 6) is 0. The molecule has 1 rings (SSSR count). The average Bonchev–Trinajstić information content (AvgIpc) is 2.60. The Kier molecular flexibility index (Phi) is 3.13. The maximum absolute atomic E-state index is 9.63. The molecule has 1 heterocycles. The van der Waals surface area contributed by atoms with E-state index in [1.807, 2.05) is 13.8 Å². The lowest BCUT2D eigenvalue weighted by Gasteiger charge is -2.07. The molecule has 2 nitrogen and oxygen atoms in total. The van der Waals surface area contributed by atoms with Gasteiger partial charge in [0.15, 0.2) is 0 Å². The molecule has 0 radical (unpaired) electrons. The van der Waals surface area contributed by atoms with E-state index in [0.29, 0.717) is 0 Å². The topological polar surface area (TPSA) is 32.8 Å². The molecule has 0 aromatic rings. The zero-order valence-corrected chi connectivity index (χ0v) is 8.34. The Bertz CT molecular complexity index is 143. The van der Waals surface area contributed by atoms with E-state index in [9.17, 15) is 5.11 Å². The molecule has 1 N–H and O–H groups in total. The third-order valence-corrected chi connectivity index (χ3v) is 2.51. The summed E-state index contributed by atoms with van der Waals surface area (Å²) >= 11 is 0. The molecule has 2 heteroatoms. The maximum atomic E-state index is 9.63. The van der Waals surface area contributed by atoms with E-state index in [4.69, 9.17) is 4.74 Å². The highest BCUT2D eigenvalue weighted by Crippen LogP contribution is 2.38. The van der Waals surface area contributed by atoms with Crippen LogP contribution in [0.1, 0.15) is 46.5 Å². The van der Waals surface area contributed by atoms with Crippen LogP contribution in [0, 0.1) is 0 Å². The van der Waals surface area contributed by atoms with Crippen molar-refractivity contribution in [2.75, 3.05) is 0 Å². The summed E-state index contributed by atoms with van der Waals surface area (Å²) < 4.78 is 5.35. The van der Waals surface area contributed by atoms with Gasteiger partial charge >= 0.3 is 0 Å². The van der Waals surface area contributed by atoms with Gasteiger partial charge in [0.2, 0.25) is 0 Å². The van der Waals surface area contributed by atoms with Crippen LogP contribution in [0.3, 0.4) is 0 Å². The first-order chi connectivity index (χ1) is 5.58. The SMILES string of the molecule is CCCCC[C@H](O)[C@H]1OC1(C)C. The first-order valence-corrected chi connectivity index (χ1v) is 4.94. The Hall–Kier alpha value is -0.0800. The first kappa shape index (κ1) is 10.0. The smallest absolute Gasteiger partial charge is 0.113 e. The maximum Gasteiger partial charge on any atom is 0.113 e. The van der Waals surface area contributed by atoms with Crippen LogP contribution in [0.2, 0.25) is 0 Å². The van der Waals surface area contributed by atoms with E-state index < -0.39 is 0 Å². The van der Waals surface area contributed by atoms with Crippen LogP contribution in [0.4, 0.5) is 0 Å². The molecule has 12 heavy (non-hydrogen) atoms. The summed E-state index contributed by atoms with van der Waals surface area (Å²) in [6.07, 6.45) is 4.28. The minimum atomic E-state index is -0.244. The Labute approximate surface area is 74.9 Å². The quantitative estimate of drug-likeness (QED) is 0.509. The number of aliphatic hydroxyl groups excluding tert-OH is 1. The van der Waals surface area contributed by atoms with Crippen molar-refractivity contribution in [2.24, 2.45) is 0 Å². The Morgan fingerprint density at radius 1 is 1.42 bits per heavy atom. The summed E-state index contributed by atoms with van der Waals surface area (Å²) in [4.78, 5) is 0. The second-order valence-electron chi connectivity index (χ2n) is 4.21. The fourth-order valence-electron chi connectivity index (χ4n) is 1.59. The standard InChI is InChI=1S/C10H20O2/c1-4-5-6-7-8(11)9-10(2,3)12-9/h8-9,11H,4-7H2,1-3H3/t8-,9+/m0/s1. The Morgan fingerprint density at radius 2 is 2.00 bits per heavy atom. The van der Waals surface area contributed by atoms with Crippen LogP contribution < -0.4 is 0 Å². The number of hydrogen-bond acceptors (Lipinski definition) is 2. The van der Waals surface area contributed by atoms with Gasteiger partial charge in [-0.25, -0.2) is 0 Å². The van der Waals surface area contributed by atoms with Crippen LogP contribution in [-0.4, -0.2) is 22.9 Å². The van der Waals surface area contributed by atoms with E-state index >= 15 is 0 Å². The van der Waals surface area contributed by atoms with Gasteiger partial charge < -0.3 is 9.84 Å². The molecule has 0 bridgehead atoms. The summed E-state index contributed by atoms with van der Waals surface area (Å²) in [6.45, 7) is 6.23. The minimum Gasteiger partial charge on any atom is -0.390 e. The largest absolute Gasteiger partial charge is 0.390 e. The van der Waals surface area contributed by atoms with Gasteiger partial charge in [-0.3, -0.25) is 0 Å². The lowest BCUT2D eigenvalue weighted by atomic mass is 10.0. The number of ether oxygens (including phenoxy) is 1. The van der Waals surface area contributed by atoms with E-state index in [1.165, 1.54) is 12.8 Å². The fraction of sp³-hybridized carbons (Fsp3) is 1.00. The van der Waals surface area contributed by atoms with Crippen molar-refractivity contribution in [1.82, 2.24) is 0 Å². The number of unbranched alkanes of at least 4 members (excludes halogenated alkanes) is 2. The molecule has 1 fully saturated rings. The lowest BCUT2D eigenvalue weighted by molar-refractivity contribution is 0.123. The van der Waals surface area contributed by atoms with Crippen molar-refractivity contribution in [3.8, 4) is 0 Å². The fourth-order valence-corrected chi connectivity index (χ4v) is 1.59. The van der Waals surface area contributed by atoms with Gasteiger partial charge in [-0.15, -0.1) is 0 Å². The first-order valence-electron chi connectivity index (χ1n) is 4.94. The number of hydrogen-bond donors (Lipinski definition) is 1. The molecule has 0 aromatic heterocycles. The third-order valence-electron chi connectivity index (χ3n) is 2.51. The predicted octanol–water partition coefficient (Wildman–Crippen LogP) is 2.10. The molecule has 1 saturated heterocycles. The highest BCUT2D eigenvalue weighted by atomic mass is 16.6. The van der Waals surface area contributed by atoms with Gasteiger partial charge in [0, 0.05) is 0 Å². The van der Waals surface area contributed by atoms with Crippen molar-refractivity contribution in [3.05, 3.63) is 0 Å². The van der Waals surface area contributed by atoms with Crippen molar-refractivity contribution in [2.45, 2.75) is 64.3 Å². The molecule has 2 atom stereocenters. The van der Waals surface area contributed by atoms with Crippen molar-refractivity contribution >= 4 is 0 Å². The summed E-state index contributed by atoms with van der Waals surface area (Å²) in [7, 11) is 0. The van der Waals surface area contributed by atoms with Gasteiger partial charge in [0.05, 0.1) is 11.7 Å². The van der Waals surface area contributed by atoms with Crippen LogP contribution in [0.25, 0.3) is 0 Å². The van der Waals surface area contributed by atoms with Crippen molar-refractivity contribution < 1.29 is 9.84 Å². The Morgan fingerprint density at radius 3 is 2.42 bits per heavy atom. The van der Waals surface area contributed by atoms with E-state index in [-0.39, 0.29) is 17.8 Å². The monoisotopic (exact) mass is 172 g/mol. The summed E-state index contributed by atoms with van der Waals surface area (Å²) in [5, 5.41) is 9.63. The number of epoxide rings is 1. The Balaban J connectivity index is 2.09. The van der Waals surface area contributed by atoms with Gasteiger partial charge in [-0.1, -0.05) is 26.2 Å². The predicted molar refractivity (Wildman–Crippen MR) is 49.1 cm³/mol. The third kappa shape index (κ3) is 2.46. The molecule has 0 amide bonds. The zero-order chi connectivity index (χ0) is 9.19. The van der Waals surface area contributed by atoms with Crippen LogP contribution in [0.15, 0.2) is 0 Å². The van der Waals surface area contributed by atoms with Gasteiger partial charge in [-0.05, 0) is 20.3 Å². The number of rotatable bonds is 5. The van der Waals surface area contributed by atoms with Crippen molar-refractivity contribution in [3.63, 3.8) is 0 Å². The van der Waals surface area contributed by atoms with Gasteiger partial charge in [-0.2, -0.15) is 0 Å². The van der Waals surface area contributed by atoms with Crippen LogP contribution in [-0.2, 0) is 4.74 Å². The van der Waals surface area contributed by atoms with Gasteiger partial charge in [0.1, 0.15) is 6.10 Å². The molecule has 0 aromatic carbocycles. The molecule has 0 aliphatic carbocycles. The highest BCUT2D eigenvalue weighted by Gasteiger charge is 2.51. The highest BCUT2D eigenvalue weighted by molar-refractivity contribution is 4.99. The second-order valence-corrected chi connectivity index (χ2v) is 4.21. The summed E-state index contributed by atoms with van der Waals surface area (Å²) in [5.41, 5.74) is -0.0639. The normalized spacial score (nSPS) is 28.5. The van der Waals surface area contributed by atoms with Crippen LogP contribution >= 0.6 is 0 Å². The lowest BCUT2D eigenvalue weighted by Crippen LogP contribution is -2.20. The molecular weight excluding hydrogens is 152 g/mol. The summed E-state index contributed by atoms with van der Waals surface area (Å²) in [6, 6.07) is 0. The molecular formula is C10H20O2. The number of aliphatic hydroxyl groups is 1. The van der Waals surface area contributed by atoms with E-state index in [0.717, 1.165) is 12.8 Å². The van der Waals surface area contributed by atoms with Crippen molar-refractivity contribution in [1.29, 1.82) is 0 Å². The molecule has 1 aliphatic rings. The molecule has 0 spiro atoms.